The Balaban J connectivity index is 1.51. The third-order valence-electron chi connectivity index (χ3n) is 5.28. The zero-order chi connectivity index (χ0) is 24.0. The molecule has 7 heteroatoms. The highest BCUT2D eigenvalue weighted by Gasteiger charge is 2.25. The van der Waals surface area contributed by atoms with Gasteiger partial charge >= 0.3 is 0 Å². The average molecular weight is 475 g/mol. The first-order valence-electron chi connectivity index (χ1n) is 10.7. The van der Waals surface area contributed by atoms with Crippen molar-refractivity contribution in [1.82, 2.24) is 5.32 Å². The van der Waals surface area contributed by atoms with Crippen LogP contribution in [0.25, 0.3) is 0 Å². The number of rotatable bonds is 8. The van der Waals surface area contributed by atoms with E-state index >= 15 is 0 Å². The fraction of sp³-hybridized carbons (Fsp3) is 0.0741. The number of para-hydroxylation sites is 1. The maximum absolute atomic E-state index is 13.4. The van der Waals surface area contributed by atoms with Crippen LogP contribution < -0.4 is 9.62 Å². The number of amides is 1. The minimum absolute atomic E-state index is 0.110. The number of carbonyl (C=O) groups is 1. The third-order valence-corrected chi connectivity index (χ3v) is 7.07. The second kappa shape index (κ2) is 10.3. The zero-order valence-corrected chi connectivity index (χ0v) is 19.1. The summed E-state index contributed by atoms with van der Waals surface area (Å²) in [5.74, 6) is -0.600. The average Bonchev–Trinajstić information content (AvgIpc) is 2.88. The third kappa shape index (κ3) is 5.50. The van der Waals surface area contributed by atoms with Gasteiger partial charge in [-0.2, -0.15) is 0 Å². The smallest absolute Gasteiger partial charge is 0.264 e. The van der Waals surface area contributed by atoms with Crippen molar-refractivity contribution < 1.29 is 17.6 Å². The molecule has 5 nitrogen and oxygen atoms in total. The molecular formula is C27H23FN2O3S. The van der Waals surface area contributed by atoms with E-state index in [1.165, 1.54) is 16.4 Å². The lowest BCUT2D eigenvalue weighted by Crippen LogP contribution is -2.30. The number of halogens is 1. The fourth-order valence-electron chi connectivity index (χ4n) is 3.44. The number of anilines is 1. The normalized spacial score (nSPS) is 11.1. The summed E-state index contributed by atoms with van der Waals surface area (Å²) < 4.78 is 41.2. The predicted molar refractivity (Wildman–Crippen MR) is 130 cm³/mol. The van der Waals surface area contributed by atoms with E-state index in [0.29, 0.717) is 11.3 Å². The Bertz CT molecular complexity index is 1340. The van der Waals surface area contributed by atoms with Gasteiger partial charge in [0, 0.05) is 12.1 Å². The van der Waals surface area contributed by atoms with Crippen LogP contribution in [0.15, 0.2) is 114 Å². The predicted octanol–water partition coefficient (Wildman–Crippen LogP) is 5.15. The van der Waals surface area contributed by atoms with Crippen molar-refractivity contribution in [3.8, 4) is 0 Å². The molecule has 0 saturated carbocycles. The van der Waals surface area contributed by atoms with Crippen molar-refractivity contribution in [2.24, 2.45) is 0 Å². The monoisotopic (exact) mass is 474 g/mol. The minimum atomic E-state index is -3.79. The van der Waals surface area contributed by atoms with Crippen molar-refractivity contribution in [1.29, 1.82) is 0 Å². The van der Waals surface area contributed by atoms with Crippen molar-refractivity contribution in [3.05, 3.63) is 132 Å². The summed E-state index contributed by atoms with van der Waals surface area (Å²) in [6.07, 6.45) is 0. The number of carbonyl (C=O) groups excluding carboxylic acids is 1. The van der Waals surface area contributed by atoms with Crippen LogP contribution in [0.5, 0.6) is 0 Å². The van der Waals surface area contributed by atoms with E-state index in [1.54, 1.807) is 91.0 Å². The summed E-state index contributed by atoms with van der Waals surface area (Å²) in [4.78, 5) is 12.7. The van der Waals surface area contributed by atoms with E-state index in [2.05, 4.69) is 5.32 Å². The molecule has 0 atom stereocenters. The fourth-order valence-corrected chi connectivity index (χ4v) is 4.92. The highest BCUT2D eigenvalue weighted by molar-refractivity contribution is 7.92. The van der Waals surface area contributed by atoms with Crippen LogP contribution in [0.2, 0.25) is 0 Å². The molecular weight excluding hydrogens is 451 g/mol. The largest absolute Gasteiger partial charge is 0.348 e. The van der Waals surface area contributed by atoms with Gasteiger partial charge in [0.2, 0.25) is 0 Å². The number of hydrogen-bond donors (Lipinski definition) is 1. The Hall–Kier alpha value is -3.97. The molecule has 4 rings (SSSR count). The highest BCUT2D eigenvalue weighted by Crippen LogP contribution is 2.25. The van der Waals surface area contributed by atoms with Gasteiger partial charge in [-0.25, -0.2) is 12.8 Å². The number of nitrogens with one attached hydrogen (secondary N) is 1. The summed E-state index contributed by atoms with van der Waals surface area (Å²) in [5.41, 5.74) is 2.52. The van der Waals surface area contributed by atoms with Gasteiger partial charge in [-0.3, -0.25) is 9.10 Å². The van der Waals surface area contributed by atoms with Crippen molar-refractivity contribution in [2.75, 3.05) is 4.31 Å². The summed E-state index contributed by atoms with van der Waals surface area (Å²) in [6, 6.07) is 29.9. The van der Waals surface area contributed by atoms with Crippen molar-refractivity contribution >= 4 is 21.6 Å². The lowest BCUT2D eigenvalue weighted by molar-refractivity contribution is 0.0951. The van der Waals surface area contributed by atoms with Crippen LogP contribution in [0.1, 0.15) is 21.5 Å². The van der Waals surface area contributed by atoms with Crippen LogP contribution in [-0.4, -0.2) is 14.3 Å². The number of sulfonamides is 1. The van der Waals surface area contributed by atoms with Crippen LogP contribution in [-0.2, 0) is 23.1 Å². The molecule has 0 aromatic heterocycles. The number of nitrogens with zero attached hydrogens (tertiary/aromatic N) is 1. The standard InChI is InChI=1S/C27H23FN2O3S/c28-24-17-13-21(14-18-24)19-29-27(31)23-15-11-22(12-16-23)20-30(25-7-3-1-4-8-25)34(32,33)26-9-5-2-6-10-26/h1-18H,19-20H2,(H,29,31). The molecule has 0 heterocycles. The van der Waals surface area contributed by atoms with E-state index in [9.17, 15) is 17.6 Å². The van der Waals surface area contributed by atoms with E-state index in [0.717, 1.165) is 11.1 Å². The molecule has 34 heavy (non-hydrogen) atoms. The molecule has 0 radical (unpaired) electrons. The van der Waals surface area contributed by atoms with Crippen LogP contribution in [0.4, 0.5) is 10.1 Å². The molecule has 0 bridgehead atoms. The number of benzene rings is 4. The van der Waals surface area contributed by atoms with E-state index in [1.807, 2.05) is 6.07 Å². The summed E-state index contributed by atoms with van der Waals surface area (Å²) in [7, 11) is -3.79. The summed E-state index contributed by atoms with van der Waals surface area (Å²) >= 11 is 0. The molecule has 1 N–H and O–H groups in total. The Morgan fingerprint density at radius 2 is 1.29 bits per heavy atom. The molecule has 0 fully saturated rings. The quantitative estimate of drug-likeness (QED) is 0.384. The topological polar surface area (TPSA) is 66.5 Å². The highest BCUT2D eigenvalue weighted by atomic mass is 32.2. The SMILES string of the molecule is O=C(NCc1ccc(F)cc1)c1ccc(CN(c2ccccc2)S(=O)(=O)c2ccccc2)cc1. The molecule has 0 unspecified atom stereocenters. The summed E-state index contributed by atoms with van der Waals surface area (Å²) in [5, 5.41) is 2.80. The molecule has 0 saturated heterocycles. The van der Waals surface area contributed by atoms with Gasteiger partial charge in [0.25, 0.3) is 15.9 Å². The second-order valence-corrected chi connectivity index (χ2v) is 9.53. The first-order chi connectivity index (χ1) is 16.4. The Morgan fingerprint density at radius 3 is 1.91 bits per heavy atom. The molecule has 0 aliphatic heterocycles. The summed E-state index contributed by atoms with van der Waals surface area (Å²) in [6.45, 7) is 0.386. The van der Waals surface area contributed by atoms with Gasteiger partial charge < -0.3 is 5.32 Å². The van der Waals surface area contributed by atoms with E-state index in [-0.39, 0.29) is 29.7 Å². The molecule has 172 valence electrons. The Morgan fingerprint density at radius 1 is 0.735 bits per heavy atom. The van der Waals surface area contributed by atoms with Gasteiger partial charge in [-0.05, 0) is 59.7 Å². The van der Waals surface area contributed by atoms with Gasteiger partial charge in [-0.1, -0.05) is 60.7 Å². The van der Waals surface area contributed by atoms with Gasteiger partial charge in [0.1, 0.15) is 5.82 Å². The van der Waals surface area contributed by atoms with Crippen LogP contribution in [0.3, 0.4) is 0 Å². The first kappa shape index (κ1) is 23.2. The molecule has 1 amide bonds. The maximum Gasteiger partial charge on any atom is 0.264 e. The van der Waals surface area contributed by atoms with E-state index < -0.39 is 10.0 Å². The zero-order valence-electron chi connectivity index (χ0n) is 18.3. The number of hydrogen-bond acceptors (Lipinski definition) is 3. The maximum atomic E-state index is 13.4. The Labute approximate surface area is 198 Å². The van der Waals surface area contributed by atoms with Crippen molar-refractivity contribution in [2.45, 2.75) is 18.0 Å². The minimum Gasteiger partial charge on any atom is -0.348 e. The molecule has 4 aromatic carbocycles. The lowest BCUT2D eigenvalue weighted by Gasteiger charge is -2.25. The van der Waals surface area contributed by atoms with Gasteiger partial charge in [-0.15, -0.1) is 0 Å². The van der Waals surface area contributed by atoms with Crippen LogP contribution >= 0.6 is 0 Å². The van der Waals surface area contributed by atoms with Crippen LogP contribution in [0, 0.1) is 5.82 Å². The van der Waals surface area contributed by atoms with E-state index in [4.69, 9.17) is 0 Å². The molecule has 4 aromatic rings. The van der Waals surface area contributed by atoms with Gasteiger partial charge in [0.05, 0.1) is 17.1 Å². The first-order valence-corrected chi connectivity index (χ1v) is 12.1. The molecule has 0 aliphatic carbocycles. The van der Waals surface area contributed by atoms with Crippen molar-refractivity contribution in [3.63, 3.8) is 0 Å². The second-order valence-electron chi connectivity index (χ2n) is 7.67. The molecule has 0 spiro atoms. The lowest BCUT2D eigenvalue weighted by atomic mass is 10.1. The van der Waals surface area contributed by atoms with Gasteiger partial charge in [0.15, 0.2) is 0 Å². The Kier molecular flexibility index (Phi) is 7.04. The molecule has 0 aliphatic rings.